The summed E-state index contributed by atoms with van der Waals surface area (Å²) < 4.78 is 11.3. The molecule has 0 aliphatic carbocycles. The molecule has 0 radical (unpaired) electrons. The third kappa shape index (κ3) is 4.28. The average molecular weight is 348 g/mol. The summed E-state index contributed by atoms with van der Waals surface area (Å²) in [6.07, 6.45) is 0.185. The highest BCUT2D eigenvalue weighted by atomic mass is 35.5. The maximum atomic E-state index is 12.0. The molecule has 4 nitrogen and oxygen atoms in total. The van der Waals surface area contributed by atoms with Crippen LogP contribution in [0.3, 0.4) is 0 Å². The number of carbonyl (C=O) groups excluding carboxylic acids is 1. The van der Waals surface area contributed by atoms with E-state index in [-0.39, 0.29) is 5.91 Å². The van der Waals surface area contributed by atoms with Crippen molar-refractivity contribution in [2.45, 2.75) is 26.1 Å². The zero-order valence-corrected chi connectivity index (χ0v) is 14.9. The number of para-hydroxylation sites is 1. The minimum absolute atomic E-state index is 0.213. The van der Waals surface area contributed by atoms with Crippen LogP contribution in [0.1, 0.15) is 29.7 Å². The summed E-state index contributed by atoms with van der Waals surface area (Å²) in [6, 6.07) is 13.3. The van der Waals surface area contributed by atoms with Gasteiger partial charge in [0.15, 0.2) is 6.10 Å². The highest BCUT2D eigenvalue weighted by Crippen LogP contribution is 2.27. The minimum atomic E-state index is -0.702. The Hall–Kier alpha value is -2.04. The molecule has 2 aromatic carbocycles. The van der Waals surface area contributed by atoms with E-state index < -0.39 is 6.10 Å². The van der Waals surface area contributed by atoms with Crippen molar-refractivity contribution >= 4 is 17.5 Å². The Kier molecular flexibility index (Phi) is 6.64. The Morgan fingerprint density at radius 2 is 1.96 bits per heavy atom. The van der Waals surface area contributed by atoms with Gasteiger partial charge in [-0.15, -0.1) is 0 Å². The van der Waals surface area contributed by atoms with Crippen LogP contribution in [0.5, 0.6) is 5.75 Å². The van der Waals surface area contributed by atoms with Gasteiger partial charge in [0, 0.05) is 19.2 Å². The monoisotopic (exact) mass is 347 g/mol. The zero-order valence-electron chi connectivity index (χ0n) is 14.1. The quantitative estimate of drug-likeness (QED) is 0.826. The maximum absolute atomic E-state index is 12.0. The number of methoxy groups -OCH3 is 1. The molecular weight excluding hydrogens is 326 g/mol. The van der Waals surface area contributed by atoms with E-state index in [4.69, 9.17) is 21.1 Å². The van der Waals surface area contributed by atoms with Crippen LogP contribution in [-0.4, -0.2) is 20.1 Å². The Morgan fingerprint density at radius 3 is 2.62 bits per heavy atom. The van der Waals surface area contributed by atoms with Crippen molar-refractivity contribution in [2.75, 3.05) is 14.2 Å². The smallest absolute Gasteiger partial charge is 0.253 e. The van der Waals surface area contributed by atoms with Crippen molar-refractivity contribution in [2.24, 2.45) is 0 Å². The molecule has 0 aliphatic heterocycles. The van der Waals surface area contributed by atoms with Crippen molar-refractivity contribution in [1.82, 2.24) is 5.32 Å². The molecule has 0 fully saturated rings. The van der Waals surface area contributed by atoms with Gasteiger partial charge in [0.05, 0.1) is 0 Å². The second-order valence-corrected chi connectivity index (χ2v) is 5.76. The van der Waals surface area contributed by atoms with Gasteiger partial charge in [0.25, 0.3) is 5.91 Å². The largest absolute Gasteiger partial charge is 0.489 e. The van der Waals surface area contributed by atoms with Crippen LogP contribution in [0.2, 0.25) is 5.02 Å². The SMILES string of the molecule is CCc1ccccc1OCc1cc(Cl)ccc1C(OC)C(=O)NC. The van der Waals surface area contributed by atoms with Crippen LogP contribution in [0.25, 0.3) is 0 Å². The Bertz CT molecular complexity index is 703. The molecule has 2 rings (SSSR count). The number of likely N-dealkylation sites (N-methyl/N-ethyl adjacent to an activating group) is 1. The number of halogens is 1. The van der Waals surface area contributed by atoms with Gasteiger partial charge < -0.3 is 14.8 Å². The van der Waals surface area contributed by atoms with Crippen molar-refractivity contribution < 1.29 is 14.3 Å². The van der Waals surface area contributed by atoms with E-state index in [1.807, 2.05) is 24.3 Å². The van der Waals surface area contributed by atoms with E-state index in [0.717, 1.165) is 28.9 Å². The molecule has 0 aliphatic rings. The van der Waals surface area contributed by atoms with Crippen molar-refractivity contribution in [3.8, 4) is 5.75 Å². The molecule has 1 amide bonds. The number of nitrogens with one attached hydrogen (secondary N) is 1. The first kappa shape index (κ1) is 18.3. The number of benzene rings is 2. The summed E-state index contributed by atoms with van der Waals surface area (Å²) in [5, 5.41) is 3.20. The highest BCUT2D eigenvalue weighted by Gasteiger charge is 2.22. The molecule has 1 N–H and O–H groups in total. The maximum Gasteiger partial charge on any atom is 0.253 e. The molecule has 0 saturated carbocycles. The molecule has 5 heteroatoms. The van der Waals surface area contributed by atoms with Gasteiger partial charge in [-0.1, -0.05) is 42.8 Å². The molecule has 0 spiro atoms. The molecule has 128 valence electrons. The van der Waals surface area contributed by atoms with E-state index in [0.29, 0.717) is 11.6 Å². The van der Waals surface area contributed by atoms with E-state index in [1.54, 1.807) is 25.2 Å². The number of hydrogen-bond donors (Lipinski definition) is 1. The van der Waals surface area contributed by atoms with Crippen LogP contribution < -0.4 is 10.1 Å². The molecule has 24 heavy (non-hydrogen) atoms. The predicted molar refractivity (Wildman–Crippen MR) is 95.4 cm³/mol. The second-order valence-electron chi connectivity index (χ2n) is 5.32. The number of carbonyl (C=O) groups is 1. The summed E-state index contributed by atoms with van der Waals surface area (Å²) in [7, 11) is 3.09. The fourth-order valence-corrected chi connectivity index (χ4v) is 2.75. The minimum Gasteiger partial charge on any atom is -0.489 e. The summed E-state index contributed by atoms with van der Waals surface area (Å²) in [6.45, 7) is 2.39. The number of ether oxygens (including phenoxy) is 2. The first-order chi connectivity index (χ1) is 11.6. The lowest BCUT2D eigenvalue weighted by atomic mass is 10.0. The first-order valence-electron chi connectivity index (χ1n) is 7.84. The number of hydrogen-bond acceptors (Lipinski definition) is 3. The third-order valence-electron chi connectivity index (χ3n) is 3.84. The van der Waals surface area contributed by atoms with Gasteiger partial charge in [-0.3, -0.25) is 4.79 Å². The van der Waals surface area contributed by atoms with Gasteiger partial charge in [-0.2, -0.15) is 0 Å². The summed E-state index contributed by atoms with van der Waals surface area (Å²) >= 11 is 6.12. The summed E-state index contributed by atoms with van der Waals surface area (Å²) in [5.41, 5.74) is 2.70. The van der Waals surface area contributed by atoms with Crippen molar-refractivity contribution in [1.29, 1.82) is 0 Å². The lowest BCUT2D eigenvalue weighted by molar-refractivity contribution is -0.130. The lowest BCUT2D eigenvalue weighted by Crippen LogP contribution is -2.27. The van der Waals surface area contributed by atoms with Crippen LogP contribution in [0.4, 0.5) is 0 Å². The van der Waals surface area contributed by atoms with Crippen LogP contribution in [-0.2, 0) is 22.6 Å². The molecule has 0 bridgehead atoms. The Labute approximate surface area is 147 Å². The standard InChI is InChI=1S/C19H22ClNO3/c1-4-13-7-5-6-8-17(13)24-12-14-11-15(20)9-10-16(14)18(23-3)19(22)21-2/h5-11,18H,4,12H2,1-3H3,(H,21,22). The zero-order chi connectivity index (χ0) is 17.5. The fourth-order valence-electron chi connectivity index (χ4n) is 2.55. The molecule has 0 aromatic heterocycles. The molecule has 0 heterocycles. The van der Waals surface area contributed by atoms with Crippen LogP contribution in [0, 0.1) is 0 Å². The highest BCUT2D eigenvalue weighted by molar-refractivity contribution is 6.30. The molecule has 2 aromatic rings. The summed E-state index contributed by atoms with van der Waals surface area (Å²) in [5.74, 6) is 0.620. The van der Waals surface area contributed by atoms with Crippen LogP contribution >= 0.6 is 11.6 Å². The normalized spacial score (nSPS) is 11.8. The third-order valence-corrected chi connectivity index (χ3v) is 4.08. The number of aryl methyl sites for hydroxylation is 1. The van der Waals surface area contributed by atoms with E-state index in [2.05, 4.69) is 12.2 Å². The van der Waals surface area contributed by atoms with Gasteiger partial charge in [-0.05, 0) is 41.3 Å². The van der Waals surface area contributed by atoms with E-state index >= 15 is 0 Å². The molecular formula is C19H22ClNO3. The molecule has 1 unspecified atom stereocenters. The fraction of sp³-hybridized carbons (Fsp3) is 0.316. The number of rotatable bonds is 7. The van der Waals surface area contributed by atoms with Gasteiger partial charge in [-0.25, -0.2) is 0 Å². The van der Waals surface area contributed by atoms with Gasteiger partial charge in [0.2, 0.25) is 0 Å². The average Bonchev–Trinajstić information content (AvgIpc) is 2.61. The van der Waals surface area contributed by atoms with Crippen molar-refractivity contribution in [3.05, 3.63) is 64.2 Å². The van der Waals surface area contributed by atoms with Gasteiger partial charge >= 0.3 is 0 Å². The second kappa shape index (κ2) is 8.71. The van der Waals surface area contributed by atoms with E-state index in [9.17, 15) is 4.79 Å². The first-order valence-corrected chi connectivity index (χ1v) is 8.21. The number of amides is 1. The summed E-state index contributed by atoms with van der Waals surface area (Å²) in [4.78, 5) is 12.0. The van der Waals surface area contributed by atoms with E-state index in [1.165, 1.54) is 7.11 Å². The Morgan fingerprint density at radius 1 is 1.21 bits per heavy atom. The molecule has 1 atom stereocenters. The van der Waals surface area contributed by atoms with Crippen LogP contribution in [0.15, 0.2) is 42.5 Å². The Balaban J connectivity index is 2.29. The predicted octanol–water partition coefficient (Wildman–Crippen LogP) is 3.91. The lowest BCUT2D eigenvalue weighted by Gasteiger charge is -2.19. The molecule has 0 saturated heterocycles. The van der Waals surface area contributed by atoms with Gasteiger partial charge in [0.1, 0.15) is 12.4 Å². The van der Waals surface area contributed by atoms with Crippen molar-refractivity contribution in [3.63, 3.8) is 0 Å². The topological polar surface area (TPSA) is 47.6 Å².